The van der Waals surface area contributed by atoms with Crippen molar-refractivity contribution in [3.8, 4) is 11.4 Å². The number of fused-ring (bicyclic) bond motifs is 1. The topological polar surface area (TPSA) is 72.2 Å². The van der Waals surface area contributed by atoms with Gasteiger partial charge in [0.05, 0.1) is 28.4 Å². The summed E-state index contributed by atoms with van der Waals surface area (Å²) in [6.45, 7) is -0.226. The van der Waals surface area contributed by atoms with Crippen molar-refractivity contribution < 1.29 is 13.5 Å². The average Bonchev–Trinajstić information content (AvgIpc) is 3.08. The van der Waals surface area contributed by atoms with Gasteiger partial charge in [0.15, 0.2) is 0 Å². The zero-order chi connectivity index (χ0) is 18.1. The molecule has 4 aromatic rings. The number of para-hydroxylation sites is 1. The van der Waals surface area contributed by atoms with Crippen LogP contribution < -0.4 is 0 Å². The fraction of sp³-hybridized carbons (Fsp3) is 0.0500. The van der Waals surface area contributed by atoms with Gasteiger partial charge >= 0.3 is 0 Å². The van der Waals surface area contributed by atoms with Gasteiger partial charge in [-0.3, -0.25) is 4.98 Å². The molecule has 2 heterocycles. The molecular formula is C20H16N2O3S. The Bertz CT molecular complexity index is 1180. The minimum atomic E-state index is -3.83. The molecule has 0 saturated carbocycles. The van der Waals surface area contributed by atoms with Gasteiger partial charge in [-0.25, -0.2) is 12.4 Å². The van der Waals surface area contributed by atoms with Crippen molar-refractivity contribution in [1.82, 2.24) is 8.96 Å². The zero-order valence-corrected chi connectivity index (χ0v) is 14.6. The van der Waals surface area contributed by atoms with Crippen molar-refractivity contribution in [3.63, 3.8) is 0 Å². The Labute approximate surface area is 151 Å². The molecule has 0 radical (unpaired) electrons. The Morgan fingerprint density at radius 3 is 2.42 bits per heavy atom. The third-order valence-corrected chi connectivity index (χ3v) is 5.99. The highest BCUT2D eigenvalue weighted by molar-refractivity contribution is 7.90. The molecule has 1 N–H and O–H groups in total. The predicted molar refractivity (Wildman–Crippen MR) is 100 cm³/mol. The Morgan fingerprint density at radius 1 is 0.923 bits per heavy atom. The summed E-state index contributed by atoms with van der Waals surface area (Å²) in [5, 5.41) is 10.5. The molecule has 0 fully saturated rings. The molecule has 130 valence electrons. The van der Waals surface area contributed by atoms with Crippen LogP contribution in [0.15, 0.2) is 83.9 Å². The molecule has 0 atom stereocenters. The van der Waals surface area contributed by atoms with Crippen LogP contribution in [-0.2, 0) is 16.6 Å². The fourth-order valence-corrected chi connectivity index (χ4v) is 4.58. The van der Waals surface area contributed by atoms with Crippen LogP contribution in [-0.4, -0.2) is 22.5 Å². The Balaban J connectivity index is 2.09. The van der Waals surface area contributed by atoms with Crippen LogP contribution in [0.5, 0.6) is 0 Å². The van der Waals surface area contributed by atoms with E-state index in [0.29, 0.717) is 22.5 Å². The maximum Gasteiger partial charge on any atom is 0.268 e. The largest absolute Gasteiger partial charge is 0.392 e. The van der Waals surface area contributed by atoms with Gasteiger partial charge in [-0.2, -0.15) is 0 Å². The van der Waals surface area contributed by atoms with E-state index >= 15 is 0 Å². The van der Waals surface area contributed by atoms with Gasteiger partial charge in [-0.15, -0.1) is 0 Å². The molecule has 0 aliphatic carbocycles. The summed E-state index contributed by atoms with van der Waals surface area (Å²) in [5.41, 5.74) is 2.02. The first-order valence-corrected chi connectivity index (χ1v) is 9.53. The Kier molecular flexibility index (Phi) is 4.06. The fourth-order valence-electron chi connectivity index (χ4n) is 3.05. The van der Waals surface area contributed by atoms with Crippen LogP contribution >= 0.6 is 0 Å². The lowest BCUT2D eigenvalue weighted by Gasteiger charge is -2.13. The van der Waals surface area contributed by atoms with Crippen LogP contribution in [0.4, 0.5) is 0 Å². The van der Waals surface area contributed by atoms with E-state index in [2.05, 4.69) is 4.98 Å². The normalized spacial score (nSPS) is 11.7. The molecule has 0 aliphatic heterocycles. The maximum absolute atomic E-state index is 13.4. The molecule has 0 spiro atoms. The van der Waals surface area contributed by atoms with Gasteiger partial charge in [-0.05, 0) is 30.3 Å². The molecule has 2 aromatic carbocycles. The lowest BCUT2D eigenvalue weighted by atomic mass is 10.1. The number of aliphatic hydroxyl groups is 1. The molecule has 0 bridgehead atoms. The number of aliphatic hydroxyl groups excluding tert-OH is 1. The number of aromatic nitrogens is 2. The Morgan fingerprint density at radius 2 is 1.65 bits per heavy atom. The zero-order valence-electron chi connectivity index (χ0n) is 13.8. The molecule has 0 saturated heterocycles. The van der Waals surface area contributed by atoms with Crippen LogP contribution in [0, 0.1) is 0 Å². The molecule has 5 nitrogen and oxygen atoms in total. The van der Waals surface area contributed by atoms with Crippen LogP contribution in [0.25, 0.3) is 22.3 Å². The van der Waals surface area contributed by atoms with Gasteiger partial charge in [0.25, 0.3) is 10.0 Å². The van der Waals surface area contributed by atoms with E-state index in [1.165, 1.54) is 3.97 Å². The molecule has 26 heavy (non-hydrogen) atoms. The third-order valence-electron chi connectivity index (χ3n) is 4.25. The maximum atomic E-state index is 13.4. The first-order chi connectivity index (χ1) is 12.6. The van der Waals surface area contributed by atoms with Gasteiger partial charge in [0.1, 0.15) is 0 Å². The number of pyridine rings is 1. The second kappa shape index (κ2) is 6.40. The lowest BCUT2D eigenvalue weighted by molar-refractivity contribution is 0.282. The average molecular weight is 364 g/mol. The van der Waals surface area contributed by atoms with Crippen molar-refractivity contribution in [2.24, 2.45) is 0 Å². The van der Waals surface area contributed by atoms with Crippen molar-refractivity contribution in [2.75, 3.05) is 0 Å². The summed E-state index contributed by atoms with van der Waals surface area (Å²) >= 11 is 0. The molecular weight excluding hydrogens is 348 g/mol. The number of benzene rings is 2. The second-order valence-electron chi connectivity index (χ2n) is 5.84. The van der Waals surface area contributed by atoms with Crippen LogP contribution in [0.1, 0.15) is 5.56 Å². The van der Waals surface area contributed by atoms with Crippen molar-refractivity contribution in [3.05, 3.63) is 84.6 Å². The summed E-state index contributed by atoms with van der Waals surface area (Å²) in [4.78, 5) is 4.54. The van der Waals surface area contributed by atoms with E-state index in [9.17, 15) is 13.5 Å². The lowest BCUT2D eigenvalue weighted by Crippen LogP contribution is -2.14. The van der Waals surface area contributed by atoms with Crippen LogP contribution in [0.3, 0.4) is 0 Å². The van der Waals surface area contributed by atoms with Gasteiger partial charge in [0.2, 0.25) is 0 Å². The molecule has 6 heteroatoms. The van der Waals surface area contributed by atoms with Crippen LogP contribution in [0.2, 0.25) is 0 Å². The van der Waals surface area contributed by atoms with Gasteiger partial charge in [-0.1, -0.05) is 42.5 Å². The minimum Gasteiger partial charge on any atom is -0.392 e. The second-order valence-corrected chi connectivity index (χ2v) is 7.63. The van der Waals surface area contributed by atoms with E-state index in [1.54, 1.807) is 66.9 Å². The quantitative estimate of drug-likeness (QED) is 0.602. The molecule has 0 aliphatic rings. The van der Waals surface area contributed by atoms with E-state index in [1.807, 2.05) is 12.1 Å². The Hall–Kier alpha value is -2.96. The van der Waals surface area contributed by atoms with Crippen molar-refractivity contribution in [1.29, 1.82) is 0 Å². The first kappa shape index (κ1) is 16.5. The minimum absolute atomic E-state index is 0.198. The highest BCUT2D eigenvalue weighted by Gasteiger charge is 2.25. The molecule has 2 aromatic heterocycles. The third kappa shape index (κ3) is 2.60. The number of hydrogen-bond acceptors (Lipinski definition) is 4. The van der Waals surface area contributed by atoms with E-state index in [4.69, 9.17) is 0 Å². The van der Waals surface area contributed by atoms with Gasteiger partial charge in [0, 0.05) is 17.1 Å². The number of rotatable bonds is 4. The number of hydrogen-bond donors (Lipinski definition) is 1. The smallest absolute Gasteiger partial charge is 0.268 e. The predicted octanol–water partition coefficient (Wildman–Crippen LogP) is 3.43. The van der Waals surface area contributed by atoms with Crippen molar-refractivity contribution in [2.45, 2.75) is 11.5 Å². The standard InChI is InChI=1S/C20H16N2O3S/c23-14-16-8-6-12-21-20(16)19-13-15-7-4-5-11-18(15)22(19)26(24,25)17-9-2-1-3-10-17/h1-13,23H,14H2. The first-order valence-electron chi connectivity index (χ1n) is 8.09. The molecule has 0 amide bonds. The van der Waals surface area contributed by atoms with E-state index in [0.717, 1.165) is 5.39 Å². The summed E-state index contributed by atoms with van der Waals surface area (Å²) < 4.78 is 28.1. The molecule has 4 rings (SSSR count). The SMILES string of the molecule is O=S(=O)(c1ccccc1)n1c(-c2ncccc2CO)cc2ccccc21. The highest BCUT2D eigenvalue weighted by Crippen LogP contribution is 2.32. The summed E-state index contributed by atoms with van der Waals surface area (Å²) in [5.74, 6) is 0. The summed E-state index contributed by atoms with van der Waals surface area (Å²) in [7, 11) is -3.83. The highest BCUT2D eigenvalue weighted by atomic mass is 32.2. The monoisotopic (exact) mass is 364 g/mol. The number of nitrogens with zero attached hydrogens (tertiary/aromatic N) is 2. The van der Waals surface area contributed by atoms with E-state index in [-0.39, 0.29) is 11.5 Å². The summed E-state index contributed by atoms with van der Waals surface area (Å²) in [6.07, 6.45) is 1.59. The summed E-state index contributed by atoms with van der Waals surface area (Å²) in [6, 6.07) is 20.8. The molecule has 0 unspecified atom stereocenters. The van der Waals surface area contributed by atoms with E-state index < -0.39 is 10.0 Å². The van der Waals surface area contributed by atoms with Crippen molar-refractivity contribution >= 4 is 20.9 Å². The van der Waals surface area contributed by atoms with Gasteiger partial charge < -0.3 is 5.11 Å².